The summed E-state index contributed by atoms with van der Waals surface area (Å²) in [6, 6.07) is 0. The summed E-state index contributed by atoms with van der Waals surface area (Å²) < 4.78 is 1.18. The predicted octanol–water partition coefficient (Wildman–Crippen LogP) is 6.09. The van der Waals surface area contributed by atoms with Gasteiger partial charge >= 0.3 is 0 Å². The lowest BCUT2D eigenvalue weighted by atomic mass is 9.73. The molecular weight excluding hydrogens is 371 g/mol. The summed E-state index contributed by atoms with van der Waals surface area (Å²) in [5.74, 6) is 0. The van der Waals surface area contributed by atoms with Crippen molar-refractivity contribution < 1.29 is 4.79 Å². The first-order valence-corrected chi connectivity index (χ1v) is 8.49. The zero-order valence-electron chi connectivity index (χ0n) is 13.4. The molecular formula is C19H25IO. The monoisotopic (exact) mass is 396 g/mol. The Kier molecular flexibility index (Phi) is 7.36. The number of aldehydes is 1. The van der Waals surface area contributed by atoms with Crippen molar-refractivity contribution in [1.29, 1.82) is 0 Å². The van der Waals surface area contributed by atoms with Gasteiger partial charge in [0.25, 0.3) is 0 Å². The highest BCUT2D eigenvalue weighted by molar-refractivity contribution is 14.1. The number of halogens is 1. The van der Waals surface area contributed by atoms with Crippen molar-refractivity contribution in [2.45, 2.75) is 47.0 Å². The lowest BCUT2D eigenvalue weighted by Crippen LogP contribution is -2.18. The van der Waals surface area contributed by atoms with Gasteiger partial charge < -0.3 is 0 Å². The Balaban J connectivity index is 2.80. The fraction of sp³-hybridized carbons (Fsp3) is 0.421. The van der Waals surface area contributed by atoms with Gasteiger partial charge in [0.05, 0.1) is 0 Å². The standard InChI is InChI=1S/C19H25IO/c1-15(12-14-21)7-5-9-17(20)10-11-18-16(2)8-6-13-19(18,3)4/h5,7,9-12,14H,6,8,13H2,1-4H3/b7-5-,11-10+,15-12+,17-9-. The summed E-state index contributed by atoms with van der Waals surface area (Å²) >= 11 is 2.34. The van der Waals surface area contributed by atoms with Crippen LogP contribution in [0.2, 0.25) is 0 Å². The topological polar surface area (TPSA) is 17.1 Å². The zero-order valence-corrected chi connectivity index (χ0v) is 15.6. The predicted molar refractivity (Wildman–Crippen MR) is 101 cm³/mol. The minimum absolute atomic E-state index is 0.287. The van der Waals surface area contributed by atoms with Crippen LogP contribution in [0.15, 0.2) is 56.8 Å². The SMILES string of the molecule is CC1=C(/C=C/C(I)=C/C=C\C(C)=C\C=O)C(C)(C)CCC1. The van der Waals surface area contributed by atoms with Gasteiger partial charge in [0.15, 0.2) is 0 Å². The number of allylic oxidation sites excluding steroid dienone is 10. The summed E-state index contributed by atoms with van der Waals surface area (Å²) in [5.41, 5.74) is 4.25. The van der Waals surface area contributed by atoms with E-state index in [9.17, 15) is 4.79 Å². The molecule has 2 heteroatoms. The second kappa shape index (κ2) is 8.52. The number of hydrogen-bond donors (Lipinski definition) is 0. The molecule has 0 atom stereocenters. The van der Waals surface area contributed by atoms with Crippen LogP contribution < -0.4 is 0 Å². The molecule has 0 saturated heterocycles. The largest absolute Gasteiger partial charge is 0.299 e. The molecule has 0 heterocycles. The summed E-state index contributed by atoms with van der Waals surface area (Å²) in [5, 5.41) is 0. The molecule has 0 amide bonds. The van der Waals surface area contributed by atoms with Crippen LogP contribution in [0.5, 0.6) is 0 Å². The van der Waals surface area contributed by atoms with Crippen molar-refractivity contribution in [3.63, 3.8) is 0 Å². The van der Waals surface area contributed by atoms with Crippen LogP contribution in [-0.2, 0) is 4.79 Å². The summed E-state index contributed by atoms with van der Waals surface area (Å²) in [6.07, 6.45) is 16.6. The Hall–Kier alpha value is -0.900. The molecule has 1 aliphatic carbocycles. The molecule has 0 spiro atoms. The molecule has 0 aromatic rings. The van der Waals surface area contributed by atoms with E-state index in [1.54, 1.807) is 6.08 Å². The zero-order chi connectivity index (χ0) is 15.9. The van der Waals surface area contributed by atoms with Crippen molar-refractivity contribution in [1.82, 2.24) is 0 Å². The average Bonchev–Trinajstić information content (AvgIpc) is 2.37. The van der Waals surface area contributed by atoms with E-state index in [2.05, 4.69) is 61.6 Å². The second-order valence-electron chi connectivity index (χ2n) is 6.22. The van der Waals surface area contributed by atoms with Crippen LogP contribution in [-0.4, -0.2) is 6.29 Å². The second-order valence-corrected chi connectivity index (χ2v) is 7.47. The van der Waals surface area contributed by atoms with Crippen LogP contribution in [0, 0.1) is 5.41 Å². The molecule has 0 aromatic carbocycles. The van der Waals surface area contributed by atoms with Crippen LogP contribution in [0.25, 0.3) is 0 Å². The fourth-order valence-electron chi connectivity index (χ4n) is 2.68. The first-order chi connectivity index (χ1) is 9.86. The van der Waals surface area contributed by atoms with Crippen molar-refractivity contribution >= 4 is 28.9 Å². The van der Waals surface area contributed by atoms with Gasteiger partial charge in [0.2, 0.25) is 0 Å². The van der Waals surface area contributed by atoms with E-state index in [4.69, 9.17) is 0 Å². The van der Waals surface area contributed by atoms with Gasteiger partial charge in [0, 0.05) is 3.58 Å². The van der Waals surface area contributed by atoms with E-state index in [0.717, 1.165) is 11.9 Å². The van der Waals surface area contributed by atoms with Crippen molar-refractivity contribution in [3.8, 4) is 0 Å². The molecule has 0 fully saturated rings. The fourth-order valence-corrected chi connectivity index (χ4v) is 3.07. The molecule has 0 aromatic heterocycles. The van der Waals surface area contributed by atoms with Gasteiger partial charge in [-0.1, -0.05) is 37.6 Å². The van der Waals surface area contributed by atoms with Crippen LogP contribution in [0.3, 0.4) is 0 Å². The Morgan fingerprint density at radius 1 is 1.24 bits per heavy atom. The normalized spacial score (nSPS) is 20.6. The Labute approximate surface area is 142 Å². The van der Waals surface area contributed by atoms with Gasteiger partial charge in [-0.2, -0.15) is 0 Å². The van der Waals surface area contributed by atoms with Crippen molar-refractivity contribution in [2.24, 2.45) is 5.41 Å². The number of rotatable bonds is 5. The highest BCUT2D eigenvalue weighted by atomic mass is 127. The first kappa shape index (κ1) is 18.1. The van der Waals surface area contributed by atoms with Crippen molar-refractivity contribution in [2.75, 3.05) is 0 Å². The summed E-state index contributed by atoms with van der Waals surface area (Å²) in [6.45, 7) is 8.84. The molecule has 1 aliphatic rings. The molecule has 0 bridgehead atoms. The smallest absolute Gasteiger partial charge is 0.143 e. The maximum Gasteiger partial charge on any atom is 0.143 e. The lowest BCUT2D eigenvalue weighted by molar-refractivity contribution is -0.104. The molecule has 0 saturated carbocycles. The Morgan fingerprint density at radius 3 is 2.57 bits per heavy atom. The molecule has 0 unspecified atom stereocenters. The summed E-state index contributed by atoms with van der Waals surface area (Å²) in [7, 11) is 0. The molecule has 114 valence electrons. The molecule has 1 rings (SSSR count). The minimum atomic E-state index is 0.287. The Morgan fingerprint density at radius 2 is 1.95 bits per heavy atom. The van der Waals surface area contributed by atoms with Crippen LogP contribution >= 0.6 is 22.6 Å². The van der Waals surface area contributed by atoms with Crippen LogP contribution in [0.4, 0.5) is 0 Å². The molecule has 0 N–H and O–H groups in total. The maximum atomic E-state index is 10.3. The number of carbonyl (C=O) groups excluding carboxylic acids is 1. The van der Waals surface area contributed by atoms with Crippen molar-refractivity contribution in [3.05, 3.63) is 56.8 Å². The summed E-state index contributed by atoms with van der Waals surface area (Å²) in [4.78, 5) is 10.3. The lowest BCUT2D eigenvalue weighted by Gasteiger charge is -2.32. The van der Waals surface area contributed by atoms with E-state index in [1.807, 2.05) is 19.1 Å². The van der Waals surface area contributed by atoms with Crippen LogP contribution in [0.1, 0.15) is 47.0 Å². The van der Waals surface area contributed by atoms with Gasteiger partial charge in [-0.15, -0.1) is 0 Å². The molecule has 0 aliphatic heterocycles. The maximum absolute atomic E-state index is 10.3. The number of hydrogen-bond acceptors (Lipinski definition) is 1. The number of carbonyl (C=O) groups is 1. The van der Waals surface area contributed by atoms with E-state index in [0.29, 0.717) is 0 Å². The highest BCUT2D eigenvalue weighted by Gasteiger charge is 2.26. The third kappa shape index (κ3) is 6.16. The minimum Gasteiger partial charge on any atom is -0.299 e. The Bertz CT molecular complexity index is 528. The molecule has 0 radical (unpaired) electrons. The van der Waals surface area contributed by atoms with Gasteiger partial charge in [-0.3, -0.25) is 4.79 Å². The van der Waals surface area contributed by atoms with Gasteiger partial charge in [0.1, 0.15) is 6.29 Å². The van der Waals surface area contributed by atoms with E-state index < -0.39 is 0 Å². The van der Waals surface area contributed by atoms with E-state index >= 15 is 0 Å². The molecule has 1 nitrogen and oxygen atoms in total. The molecule has 21 heavy (non-hydrogen) atoms. The third-order valence-electron chi connectivity index (χ3n) is 3.90. The van der Waals surface area contributed by atoms with E-state index in [-0.39, 0.29) is 5.41 Å². The quantitative estimate of drug-likeness (QED) is 0.238. The third-order valence-corrected chi connectivity index (χ3v) is 4.62. The van der Waals surface area contributed by atoms with Gasteiger partial charge in [-0.25, -0.2) is 0 Å². The van der Waals surface area contributed by atoms with E-state index in [1.165, 1.54) is 34.0 Å². The highest BCUT2D eigenvalue weighted by Crippen LogP contribution is 2.40. The van der Waals surface area contributed by atoms with Gasteiger partial charge in [-0.05, 0) is 90.5 Å². The average molecular weight is 396 g/mol. The first-order valence-electron chi connectivity index (χ1n) is 7.41.